The zero-order chi connectivity index (χ0) is 33.0. The summed E-state index contributed by atoms with van der Waals surface area (Å²) in [5.74, 6) is -2.65. The molecule has 0 aliphatic carbocycles. The van der Waals surface area contributed by atoms with Crippen LogP contribution in [-0.2, 0) is 11.0 Å². The topological polar surface area (TPSA) is 123 Å². The summed E-state index contributed by atoms with van der Waals surface area (Å²) in [5.41, 5.74) is 0.500. The minimum absolute atomic E-state index is 0.128. The highest BCUT2D eigenvalue weighted by atomic mass is 19.4. The van der Waals surface area contributed by atoms with Crippen LogP contribution >= 0.6 is 0 Å². The Morgan fingerprint density at radius 2 is 1.80 bits per heavy atom. The highest BCUT2D eigenvalue weighted by Gasteiger charge is 2.47. The summed E-state index contributed by atoms with van der Waals surface area (Å²) >= 11 is 0. The molecule has 2 heterocycles. The molecule has 0 bridgehead atoms. The zero-order valence-corrected chi connectivity index (χ0v) is 24.6. The van der Waals surface area contributed by atoms with Crippen LogP contribution in [0.5, 0.6) is 0 Å². The highest BCUT2D eigenvalue weighted by molar-refractivity contribution is 6.05. The SMILES string of the molecule is CCN1C(=O)[C@@H](NC(=O)c2cccc(C(F)(F)F)c2)[C@@H](c2ccc(F)cc2)c2c([C@@H](CCCO)NC#N)nn(-c3ccccc3)c21. The van der Waals surface area contributed by atoms with E-state index >= 15 is 0 Å². The number of hydrogen-bond acceptors (Lipinski definition) is 6. The van der Waals surface area contributed by atoms with Crippen LogP contribution in [0, 0.1) is 17.3 Å². The molecule has 0 saturated heterocycles. The van der Waals surface area contributed by atoms with E-state index in [4.69, 9.17) is 5.10 Å². The Morgan fingerprint density at radius 3 is 2.43 bits per heavy atom. The third-order valence-corrected chi connectivity index (χ3v) is 7.86. The molecule has 0 spiro atoms. The van der Waals surface area contributed by atoms with E-state index in [-0.39, 0.29) is 25.1 Å². The van der Waals surface area contributed by atoms with Crippen molar-refractivity contribution in [2.45, 2.75) is 43.9 Å². The second-order valence-electron chi connectivity index (χ2n) is 10.7. The number of aliphatic hydroxyl groups excluding tert-OH is 1. The standard InChI is InChI=1S/C33H30F4N6O3/c1-2-42-31-27(28(25(39-19-38)12-7-17-44)41-43(31)24-10-4-3-5-11-24)26(20-13-15-23(34)16-14-20)29(32(42)46)40-30(45)21-8-6-9-22(18-21)33(35,36)37/h3-6,8-11,13-16,18,25-26,29,39,44H,2,7,12,17H2,1H3,(H,40,45)/t25-,26+,29+/m1/s1. The maximum Gasteiger partial charge on any atom is 0.416 e. The van der Waals surface area contributed by atoms with Gasteiger partial charge in [0.2, 0.25) is 0 Å². The quantitative estimate of drug-likeness (QED) is 0.125. The number of nitrogens with one attached hydrogen (secondary N) is 2. The number of amides is 2. The number of nitriles is 1. The fourth-order valence-corrected chi connectivity index (χ4v) is 5.78. The number of alkyl halides is 3. The Kier molecular flexibility index (Phi) is 9.39. The minimum atomic E-state index is -4.69. The Hall–Kier alpha value is -5.22. The van der Waals surface area contributed by atoms with E-state index < -0.39 is 47.4 Å². The minimum Gasteiger partial charge on any atom is -0.396 e. The number of rotatable bonds is 10. The molecule has 3 N–H and O–H groups in total. The number of carbonyl (C=O) groups is 2. The van der Waals surface area contributed by atoms with Gasteiger partial charge in [0.05, 0.1) is 23.0 Å². The Bertz CT molecular complexity index is 1750. The number of aliphatic hydroxyl groups is 1. The normalized spacial score (nSPS) is 16.8. The molecule has 9 nitrogen and oxygen atoms in total. The monoisotopic (exact) mass is 634 g/mol. The van der Waals surface area contributed by atoms with E-state index in [0.29, 0.717) is 40.8 Å². The molecule has 3 atom stereocenters. The van der Waals surface area contributed by atoms with Crippen LogP contribution in [0.15, 0.2) is 78.9 Å². The number of nitrogens with zero attached hydrogens (tertiary/aromatic N) is 4. The van der Waals surface area contributed by atoms with Crippen molar-refractivity contribution in [3.63, 3.8) is 0 Å². The number of carbonyl (C=O) groups excluding carboxylic acids is 2. The Morgan fingerprint density at radius 1 is 1.09 bits per heavy atom. The predicted octanol–water partition coefficient (Wildman–Crippen LogP) is 5.21. The van der Waals surface area contributed by atoms with Gasteiger partial charge in [0.15, 0.2) is 6.19 Å². The van der Waals surface area contributed by atoms with Gasteiger partial charge in [-0.25, -0.2) is 9.07 Å². The molecule has 2 amide bonds. The van der Waals surface area contributed by atoms with Gasteiger partial charge in [-0.1, -0.05) is 36.4 Å². The molecule has 1 aliphatic heterocycles. The number of anilines is 1. The van der Waals surface area contributed by atoms with E-state index in [2.05, 4.69) is 10.6 Å². The Balaban J connectivity index is 1.75. The van der Waals surface area contributed by atoms with Crippen molar-refractivity contribution in [3.8, 4) is 11.9 Å². The first kappa shape index (κ1) is 32.2. The van der Waals surface area contributed by atoms with Crippen molar-refractivity contribution in [2.75, 3.05) is 18.1 Å². The predicted molar refractivity (Wildman–Crippen MR) is 160 cm³/mol. The lowest BCUT2D eigenvalue weighted by molar-refractivity contribution is -0.137. The molecular weight excluding hydrogens is 604 g/mol. The summed E-state index contributed by atoms with van der Waals surface area (Å²) in [4.78, 5) is 29.3. The molecule has 46 heavy (non-hydrogen) atoms. The molecule has 4 aromatic rings. The Labute approximate surface area is 262 Å². The van der Waals surface area contributed by atoms with E-state index in [1.54, 1.807) is 35.9 Å². The van der Waals surface area contributed by atoms with E-state index in [0.717, 1.165) is 12.1 Å². The van der Waals surface area contributed by atoms with Crippen LogP contribution in [0.1, 0.15) is 64.5 Å². The summed E-state index contributed by atoms with van der Waals surface area (Å²) in [5, 5.41) is 29.5. The van der Waals surface area contributed by atoms with Crippen molar-refractivity contribution >= 4 is 17.6 Å². The largest absolute Gasteiger partial charge is 0.416 e. The summed E-state index contributed by atoms with van der Waals surface area (Å²) in [7, 11) is 0. The van der Waals surface area contributed by atoms with Crippen molar-refractivity contribution in [1.82, 2.24) is 20.4 Å². The van der Waals surface area contributed by atoms with E-state index in [9.17, 15) is 37.5 Å². The summed E-state index contributed by atoms with van der Waals surface area (Å²) < 4.78 is 56.1. The number of likely N-dealkylation sites (N-methyl/N-ethyl adjacent to an activating group) is 1. The molecule has 238 valence electrons. The van der Waals surface area contributed by atoms with Crippen molar-refractivity contribution in [1.29, 1.82) is 5.26 Å². The summed E-state index contributed by atoms with van der Waals surface area (Å²) in [6.45, 7) is 1.69. The van der Waals surface area contributed by atoms with Gasteiger partial charge >= 0.3 is 6.18 Å². The first-order valence-corrected chi connectivity index (χ1v) is 14.6. The van der Waals surface area contributed by atoms with Crippen molar-refractivity contribution in [2.24, 2.45) is 0 Å². The van der Waals surface area contributed by atoms with Crippen LogP contribution in [0.2, 0.25) is 0 Å². The molecule has 0 radical (unpaired) electrons. The second-order valence-corrected chi connectivity index (χ2v) is 10.7. The fraction of sp³-hybridized carbons (Fsp3) is 0.273. The average molecular weight is 635 g/mol. The number of halogens is 4. The second kappa shape index (κ2) is 13.4. The molecule has 5 rings (SSSR count). The van der Waals surface area contributed by atoms with Gasteiger partial charge in [-0.3, -0.25) is 14.5 Å². The number of para-hydroxylation sites is 1. The maximum absolute atomic E-state index is 14.3. The van der Waals surface area contributed by atoms with Crippen molar-refractivity contribution < 1.29 is 32.3 Å². The number of benzene rings is 3. The molecule has 0 saturated carbocycles. The van der Waals surface area contributed by atoms with Gasteiger partial charge in [0.1, 0.15) is 17.7 Å². The van der Waals surface area contributed by atoms with Gasteiger partial charge in [0, 0.05) is 30.2 Å². The molecule has 3 aromatic carbocycles. The van der Waals surface area contributed by atoms with Crippen LogP contribution in [0.25, 0.3) is 5.69 Å². The summed E-state index contributed by atoms with van der Waals surface area (Å²) in [6.07, 6.45) is -2.18. The molecule has 0 unspecified atom stereocenters. The number of fused-ring (bicyclic) bond motifs is 1. The molecule has 1 aromatic heterocycles. The van der Waals surface area contributed by atoms with E-state index in [1.165, 1.54) is 35.2 Å². The third-order valence-electron chi connectivity index (χ3n) is 7.86. The van der Waals surface area contributed by atoms with Crippen molar-refractivity contribution in [3.05, 3.63) is 113 Å². The lowest BCUT2D eigenvalue weighted by Gasteiger charge is -2.39. The molecular formula is C33H30F4N6O3. The fourth-order valence-electron chi connectivity index (χ4n) is 5.78. The first-order valence-electron chi connectivity index (χ1n) is 14.6. The lowest BCUT2D eigenvalue weighted by Crippen LogP contribution is -2.55. The number of aromatic nitrogens is 2. The molecule has 0 fully saturated rings. The smallest absolute Gasteiger partial charge is 0.396 e. The van der Waals surface area contributed by atoms with Gasteiger partial charge in [-0.2, -0.15) is 23.5 Å². The van der Waals surface area contributed by atoms with Gasteiger partial charge in [0.25, 0.3) is 11.8 Å². The van der Waals surface area contributed by atoms with Crippen LogP contribution in [0.3, 0.4) is 0 Å². The number of hydrogen-bond donors (Lipinski definition) is 3. The van der Waals surface area contributed by atoms with Gasteiger partial charge in [-0.15, -0.1) is 0 Å². The van der Waals surface area contributed by atoms with Gasteiger partial charge in [-0.05, 0) is 67.8 Å². The molecule has 13 heteroatoms. The molecule has 1 aliphatic rings. The van der Waals surface area contributed by atoms with Gasteiger partial charge < -0.3 is 15.7 Å². The average Bonchev–Trinajstić information content (AvgIpc) is 3.44. The van der Waals surface area contributed by atoms with Crippen LogP contribution in [0.4, 0.5) is 23.4 Å². The first-order chi connectivity index (χ1) is 22.1. The third kappa shape index (κ3) is 6.29. The highest BCUT2D eigenvalue weighted by Crippen LogP contribution is 2.45. The zero-order valence-electron chi connectivity index (χ0n) is 24.6. The van der Waals surface area contributed by atoms with E-state index in [1.807, 2.05) is 12.3 Å². The van der Waals surface area contributed by atoms with Crippen LogP contribution in [-0.4, -0.2) is 45.9 Å². The van der Waals surface area contributed by atoms with Crippen LogP contribution < -0.4 is 15.5 Å². The lowest BCUT2D eigenvalue weighted by atomic mass is 9.79. The maximum atomic E-state index is 14.3. The summed E-state index contributed by atoms with van der Waals surface area (Å²) in [6, 6.07) is 16.1.